The standard InChI is InChI=1S/C10H19O6P.Na/c1-4-6-15-17(12,13)16-8-5-7-14-10(11)9(2)3;/h2,4-8H2,1,3H3,(H,12,13);/q;+1/p-1. The molecule has 0 saturated heterocycles. The largest absolute Gasteiger partial charge is 1.00 e. The van der Waals surface area contributed by atoms with E-state index >= 15 is 0 Å². The Morgan fingerprint density at radius 2 is 1.83 bits per heavy atom. The molecule has 1 atom stereocenters. The molecule has 0 heterocycles. The Morgan fingerprint density at radius 1 is 1.28 bits per heavy atom. The van der Waals surface area contributed by atoms with Crippen molar-refractivity contribution in [1.29, 1.82) is 0 Å². The third-order valence-electron chi connectivity index (χ3n) is 1.57. The maximum atomic E-state index is 11.1. The third-order valence-corrected chi connectivity index (χ3v) is 2.57. The fourth-order valence-corrected chi connectivity index (χ4v) is 1.60. The van der Waals surface area contributed by atoms with Crippen LogP contribution in [-0.2, 0) is 23.1 Å². The number of carbonyl (C=O) groups is 1. The number of hydrogen-bond acceptors (Lipinski definition) is 6. The van der Waals surface area contributed by atoms with Crippen LogP contribution >= 0.6 is 7.82 Å². The Hall–Kier alpha value is 0.320. The van der Waals surface area contributed by atoms with Gasteiger partial charge in [-0.25, -0.2) is 4.79 Å². The van der Waals surface area contributed by atoms with Crippen LogP contribution in [0.1, 0.15) is 26.7 Å². The first-order valence-electron chi connectivity index (χ1n) is 5.32. The third kappa shape index (κ3) is 11.4. The van der Waals surface area contributed by atoms with Crippen molar-refractivity contribution in [3.8, 4) is 0 Å². The zero-order valence-electron chi connectivity index (χ0n) is 11.1. The number of ether oxygens (including phenoxy) is 1. The van der Waals surface area contributed by atoms with Crippen LogP contribution in [0.5, 0.6) is 0 Å². The van der Waals surface area contributed by atoms with Crippen LogP contribution in [-0.4, -0.2) is 25.8 Å². The van der Waals surface area contributed by atoms with Gasteiger partial charge in [0.15, 0.2) is 0 Å². The summed E-state index contributed by atoms with van der Waals surface area (Å²) in [6.07, 6.45) is 0.868. The van der Waals surface area contributed by atoms with E-state index in [2.05, 4.69) is 15.6 Å². The zero-order valence-corrected chi connectivity index (χ0v) is 14.0. The first kappa shape index (κ1) is 20.6. The molecule has 100 valence electrons. The summed E-state index contributed by atoms with van der Waals surface area (Å²) in [5.74, 6) is -0.502. The summed E-state index contributed by atoms with van der Waals surface area (Å²) >= 11 is 0. The van der Waals surface area contributed by atoms with Crippen LogP contribution in [0, 0.1) is 0 Å². The minimum Gasteiger partial charge on any atom is -0.756 e. The van der Waals surface area contributed by atoms with E-state index in [0.717, 1.165) is 0 Å². The molecule has 0 saturated carbocycles. The molecule has 0 aromatic heterocycles. The second-order valence-corrected chi connectivity index (χ2v) is 4.79. The summed E-state index contributed by atoms with van der Waals surface area (Å²) in [6.45, 7) is 6.84. The summed E-state index contributed by atoms with van der Waals surface area (Å²) in [5, 5.41) is 0. The van der Waals surface area contributed by atoms with Gasteiger partial charge in [-0.1, -0.05) is 13.5 Å². The molecule has 0 aliphatic carbocycles. The number of rotatable bonds is 9. The molecule has 0 N–H and O–H groups in total. The minimum atomic E-state index is -4.20. The van der Waals surface area contributed by atoms with E-state index in [1.165, 1.54) is 6.92 Å². The van der Waals surface area contributed by atoms with Gasteiger partial charge in [-0.3, -0.25) is 4.57 Å². The van der Waals surface area contributed by atoms with Gasteiger partial charge < -0.3 is 18.7 Å². The first-order chi connectivity index (χ1) is 7.89. The van der Waals surface area contributed by atoms with Gasteiger partial charge in [0.1, 0.15) is 0 Å². The number of phosphoric ester groups is 1. The normalized spacial score (nSPS) is 13.3. The van der Waals surface area contributed by atoms with Gasteiger partial charge >= 0.3 is 35.5 Å². The van der Waals surface area contributed by atoms with Gasteiger partial charge in [-0.05, 0) is 13.3 Å². The fourth-order valence-electron chi connectivity index (χ4n) is 0.764. The Kier molecular flexibility index (Phi) is 12.8. The van der Waals surface area contributed by atoms with Gasteiger partial charge in [0.2, 0.25) is 0 Å². The summed E-state index contributed by atoms with van der Waals surface area (Å²) in [7, 11) is -4.20. The second kappa shape index (κ2) is 11.2. The molecule has 0 aromatic rings. The molecular formula is C10H18NaO6P. The maximum absolute atomic E-state index is 11.1. The van der Waals surface area contributed by atoms with Gasteiger partial charge in [-0.15, -0.1) is 0 Å². The van der Waals surface area contributed by atoms with Gasteiger partial charge in [0, 0.05) is 12.0 Å². The quantitative estimate of drug-likeness (QED) is 0.167. The average molecular weight is 288 g/mol. The van der Waals surface area contributed by atoms with E-state index in [0.29, 0.717) is 12.0 Å². The molecular weight excluding hydrogens is 270 g/mol. The van der Waals surface area contributed by atoms with Crippen molar-refractivity contribution < 1.29 is 57.6 Å². The SMILES string of the molecule is C=C(C)C(=O)OCCCOP(=O)([O-])OCCC.[Na+]. The van der Waals surface area contributed by atoms with E-state index in [4.69, 9.17) is 4.74 Å². The van der Waals surface area contributed by atoms with Crippen LogP contribution in [0.25, 0.3) is 0 Å². The van der Waals surface area contributed by atoms with Crippen molar-refractivity contribution in [3.63, 3.8) is 0 Å². The smallest absolute Gasteiger partial charge is 0.756 e. The van der Waals surface area contributed by atoms with Crippen molar-refractivity contribution in [1.82, 2.24) is 0 Å². The van der Waals surface area contributed by atoms with Crippen molar-refractivity contribution >= 4 is 13.8 Å². The molecule has 0 radical (unpaired) electrons. The predicted molar refractivity (Wildman–Crippen MR) is 60.2 cm³/mol. The second-order valence-electron chi connectivity index (χ2n) is 3.38. The monoisotopic (exact) mass is 288 g/mol. The Bertz CT molecular complexity index is 307. The van der Waals surface area contributed by atoms with Gasteiger partial charge in [0.25, 0.3) is 7.82 Å². The number of phosphoric acid groups is 1. The molecule has 0 aromatic carbocycles. The molecule has 1 unspecified atom stereocenters. The minimum absolute atomic E-state index is 0. The topological polar surface area (TPSA) is 84.9 Å². The molecule has 0 spiro atoms. The fraction of sp³-hybridized carbons (Fsp3) is 0.700. The summed E-state index contributed by atoms with van der Waals surface area (Å²) in [5.41, 5.74) is 0.298. The summed E-state index contributed by atoms with van der Waals surface area (Å²) < 4.78 is 24.8. The molecule has 0 fully saturated rings. The van der Waals surface area contributed by atoms with E-state index in [9.17, 15) is 14.3 Å². The van der Waals surface area contributed by atoms with Crippen LogP contribution in [0.4, 0.5) is 0 Å². The van der Waals surface area contributed by atoms with Crippen LogP contribution in [0.3, 0.4) is 0 Å². The molecule has 0 aliphatic heterocycles. The molecule has 6 nitrogen and oxygen atoms in total. The molecule has 18 heavy (non-hydrogen) atoms. The zero-order chi connectivity index (χ0) is 13.3. The summed E-state index contributed by atoms with van der Waals surface area (Å²) in [4.78, 5) is 22.0. The van der Waals surface area contributed by atoms with Crippen molar-refractivity contribution in [2.45, 2.75) is 26.7 Å². The van der Waals surface area contributed by atoms with Crippen molar-refractivity contribution in [2.75, 3.05) is 19.8 Å². The molecule has 0 rings (SSSR count). The molecule has 0 bridgehead atoms. The van der Waals surface area contributed by atoms with E-state index in [-0.39, 0.29) is 55.8 Å². The Labute approximate surface area is 130 Å². The number of hydrogen-bond donors (Lipinski definition) is 0. The molecule has 8 heteroatoms. The van der Waals surface area contributed by atoms with E-state index in [1.54, 1.807) is 6.92 Å². The summed E-state index contributed by atoms with van der Waals surface area (Å²) in [6, 6.07) is 0. The van der Waals surface area contributed by atoms with Crippen molar-refractivity contribution in [2.24, 2.45) is 0 Å². The van der Waals surface area contributed by atoms with Gasteiger partial charge in [0.05, 0.1) is 19.8 Å². The van der Waals surface area contributed by atoms with Gasteiger partial charge in [-0.2, -0.15) is 0 Å². The molecule has 0 amide bonds. The van der Waals surface area contributed by atoms with Crippen LogP contribution in [0.15, 0.2) is 12.2 Å². The van der Waals surface area contributed by atoms with Crippen molar-refractivity contribution in [3.05, 3.63) is 12.2 Å². The first-order valence-corrected chi connectivity index (χ1v) is 6.78. The maximum Gasteiger partial charge on any atom is 1.00 e. The van der Waals surface area contributed by atoms with Crippen LogP contribution < -0.4 is 34.5 Å². The van der Waals surface area contributed by atoms with E-state index < -0.39 is 13.8 Å². The Balaban J connectivity index is 0. The molecule has 0 aliphatic rings. The number of esters is 1. The average Bonchev–Trinajstić information content (AvgIpc) is 2.25. The Morgan fingerprint density at radius 3 is 2.33 bits per heavy atom. The van der Waals surface area contributed by atoms with Crippen LogP contribution in [0.2, 0.25) is 0 Å². The predicted octanol–water partition coefficient (Wildman–Crippen LogP) is -1.59. The van der Waals surface area contributed by atoms with E-state index in [1.807, 2.05) is 0 Å². The number of carbonyl (C=O) groups excluding carboxylic acids is 1.